The van der Waals surface area contributed by atoms with Gasteiger partial charge in [0.25, 0.3) is 0 Å². The van der Waals surface area contributed by atoms with Gasteiger partial charge in [-0.25, -0.2) is 9.97 Å². The molecule has 1 aliphatic heterocycles. The lowest BCUT2D eigenvalue weighted by Crippen LogP contribution is -2.50. The molecule has 1 aromatic rings. The van der Waals surface area contributed by atoms with Crippen LogP contribution in [-0.2, 0) is 9.53 Å². The number of hydrogen-bond donors (Lipinski definition) is 2. The molecule has 0 atom stereocenters. The van der Waals surface area contributed by atoms with Crippen LogP contribution in [0.3, 0.4) is 0 Å². The summed E-state index contributed by atoms with van der Waals surface area (Å²) in [6, 6.07) is 1.81. The Hall–Kier alpha value is -2.42. The van der Waals surface area contributed by atoms with Crippen LogP contribution in [0.2, 0.25) is 0 Å². The van der Waals surface area contributed by atoms with E-state index in [1.165, 1.54) is 0 Å². The molecule has 1 aliphatic rings. The molecule has 9 nitrogen and oxygen atoms in total. The quantitative estimate of drug-likeness (QED) is 0.341. The molecule has 0 unspecified atom stereocenters. The second kappa shape index (κ2) is 12.9. The van der Waals surface area contributed by atoms with Crippen molar-refractivity contribution in [2.24, 2.45) is 4.99 Å². The standard InChI is InChI=1S/C19H33N7O2/c1-3-20-18(21-10-6-16-28-4-2)22-11-7-17(27)25-12-14-26(15-13-25)19-23-8-5-9-24-19/h5,8-9H,3-4,6-7,10-16H2,1-2H3,(H2,20,21,22). The van der Waals surface area contributed by atoms with Gasteiger partial charge in [0.05, 0.1) is 0 Å². The summed E-state index contributed by atoms with van der Waals surface area (Å²) in [7, 11) is 0. The minimum Gasteiger partial charge on any atom is -0.382 e. The molecule has 2 N–H and O–H groups in total. The van der Waals surface area contributed by atoms with E-state index >= 15 is 0 Å². The molecule has 1 aromatic heterocycles. The number of nitrogens with zero attached hydrogens (tertiary/aromatic N) is 5. The highest BCUT2D eigenvalue weighted by atomic mass is 16.5. The molecule has 2 rings (SSSR count). The van der Waals surface area contributed by atoms with Crippen LogP contribution in [0.25, 0.3) is 0 Å². The van der Waals surface area contributed by atoms with Crippen molar-refractivity contribution in [3.8, 4) is 0 Å². The first-order valence-corrected chi connectivity index (χ1v) is 10.1. The topological polar surface area (TPSA) is 95.0 Å². The highest BCUT2D eigenvalue weighted by Gasteiger charge is 2.22. The highest BCUT2D eigenvalue weighted by Crippen LogP contribution is 2.10. The Balaban J connectivity index is 1.67. The number of aliphatic imine (C=N–C) groups is 1. The van der Waals surface area contributed by atoms with Gasteiger partial charge in [-0.05, 0) is 26.3 Å². The molecule has 1 saturated heterocycles. The third kappa shape index (κ3) is 7.67. The number of anilines is 1. The minimum atomic E-state index is 0.160. The van der Waals surface area contributed by atoms with Crippen molar-refractivity contribution in [2.45, 2.75) is 26.7 Å². The first kappa shape index (κ1) is 21.9. The average molecular weight is 392 g/mol. The Morgan fingerprint density at radius 2 is 1.93 bits per heavy atom. The fraction of sp³-hybridized carbons (Fsp3) is 0.684. The number of hydrogen-bond acceptors (Lipinski definition) is 6. The number of piperazine rings is 1. The van der Waals surface area contributed by atoms with Gasteiger partial charge >= 0.3 is 0 Å². The van der Waals surface area contributed by atoms with Crippen LogP contribution in [-0.4, -0.2) is 85.8 Å². The van der Waals surface area contributed by atoms with E-state index in [4.69, 9.17) is 4.74 Å². The van der Waals surface area contributed by atoms with Crippen LogP contribution < -0.4 is 15.5 Å². The van der Waals surface area contributed by atoms with Crippen LogP contribution in [0.5, 0.6) is 0 Å². The zero-order chi connectivity index (χ0) is 20.0. The zero-order valence-corrected chi connectivity index (χ0v) is 17.1. The minimum absolute atomic E-state index is 0.160. The van der Waals surface area contributed by atoms with E-state index in [-0.39, 0.29) is 5.91 Å². The normalized spacial score (nSPS) is 14.9. The van der Waals surface area contributed by atoms with E-state index < -0.39 is 0 Å². The second-order valence-electron chi connectivity index (χ2n) is 6.40. The van der Waals surface area contributed by atoms with Gasteiger partial charge in [0, 0.05) is 77.8 Å². The first-order chi connectivity index (χ1) is 13.7. The fourth-order valence-corrected chi connectivity index (χ4v) is 2.90. The molecule has 156 valence electrons. The monoisotopic (exact) mass is 391 g/mol. The van der Waals surface area contributed by atoms with Crippen molar-refractivity contribution < 1.29 is 9.53 Å². The molecule has 28 heavy (non-hydrogen) atoms. The first-order valence-electron chi connectivity index (χ1n) is 10.1. The number of carbonyl (C=O) groups is 1. The van der Waals surface area contributed by atoms with Crippen LogP contribution in [0.1, 0.15) is 26.7 Å². The second-order valence-corrected chi connectivity index (χ2v) is 6.40. The Morgan fingerprint density at radius 3 is 2.61 bits per heavy atom. The fourth-order valence-electron chi connectivity index (χ4n) is 2.90. The third-order valence-electron chi connectivity index (χ3n) is 4.36. The van der Waals surface area contributed by atoms with Crippen molar-refractivity contribution in [1.29, 1.82) is 0 Å². The van der Waals surface area contributed by atoms with Gasteiger partial charge in [-0.1, -0.05) is 0 Å². The van der Waals surface area contributed by atoms with Crippen molar-refractivity contribution in [2.75, 3.05) is 63.9 Å². The summed E-state index contributed by atoms with van der Waals surface area (Å²) in [6.45, 7) is 10.4. The molecule has 1 amide bonds. The Labute approximate surface area is 167 Å². The largest absolute Gasteiger partial charge is 0.382 e. The van der Waals surface area contributed by atoms with Gasteiger partial charge in [-0.3, -0.25) is 9.79 Å². The third-order valence-corrected chi connectivity index (χ3v) is 4.36. The Kier molecular flexibility index (Phi) is 10.1. The average Bonchev–Trinajstić information content (AvgIpc) is 2.74. The summed E-state index contributed by atoms with van der Waals surface area (Å²) in [5.41, 5.74) is 0. The van der Waals surface area contributed by atoms with Gasteiger partial charge in [-0.2, -0.15) is 0 Å². The summed E-state index contributed by atoms with van der Waals surface area (Å²) in [5.74, 6) is 1.64. The van der Waals surface area contributed by atoms with E-state index in [0.717, 1.165) is 51.2 Å². The van der Waals surface area contributed by atoms with E-state index in [1.54, 1.807) is 18.5 Å². The smallest absolute Gasteiger partial charge is 0.225 e. The molecule has 0 radical (unpaired) electrons. The van der Waals surface area contributed by atoms with Crippen molar-refractivity contribution in [3.05, 3.63) is 18.5 Å². The van der Waals surface area contributed by atoms with Crippen LogP contribution in [0, 0.1) is 0 Å². The lowest BCUT2D eigenvalue weighted by Gasteiger charge is -2.34. The van der Waals surface area contributed by atoms with Gasteiger partial charge < -0.3 is 25.2 Å². The van der Waals surface area contributed by atoms with Crippen molar-refractivity contribution in [1.82, 2.24) is 25.5 Å². The number of ether oxygens (including phenoxy) is 1. The molecule has 0 bridgehead atoms. The van der Waals surface area contributed by atoms with Crippen LogP contribution in [0.4, 0.5) is 5.95 Å². The molecule has 2 heterocycles. The highest BCUT2D eigenvalue weighted by molar-refractivity contribution is 5.81. The van der Waals surface area contributed by atoms with E-state index in [9.17, 15) is 4.79 Å². The van der Waals surface area contributed by atoms with E-state index in [2.05, 4.69) is 30.5 Å². The van der Waals surface area contributed by atoms with E-state index in [0.29, 0.717) is 32.6 Å². The molecule has 1 fully saturated rings. The number of aromatic nitrogens is 2. The summed E-state index contributed by atoms with van der Waals surface area (Å²) < 4.78 is 5.32. The predicted molar refractivity (Wildman–Crippen MR) is 111 cm³/mol. The van der Waals surface area contributed by atoms with Gasteiger partial charge in [0.15, 0.2) is 5.96 Å². The lowest BCUT2D eigenvalue weighted by molar-refractivity contribution is -0.131. The van der Waals surface area contributed by atoms with Gasteiger partial charge in [-0.15, -0.1) is 0 Å². The molecule has 0 saturated carbocycles. The Morgan fingerprint density at radius 1 is 1.18 bits per heavy atom. The SMILES string of the molecule is CCNC(=NCCCOCC)NCCC(=O)N1CCN(c2ncccn2)CC1. The lowest BCUT2D eigenvalue weighted by atomic mass is 10.3. The summed E-state index contributed by atoms with van der Waals surface area (Å²) >= 11 is 0. The van der Waals surface area contributed by atoms with Crippen molar-refractivity contribution >= 4 is 17.8 Å². The number of guanidine groups is 1. The number of nitrogens with one attached hydrogen (secondary N) is 2. The predicted octanol–water partition coefficient (Wildman–Crippen LogP) is 0.497. The van der Waals surface area contributed by atoms with Gasteiger partial charge in [0.2, 0.25) is 11.9 Å². The molecule has 0 aliphatic carbocycles. The Bertz CT molecular complexity index is 589. The molecule has 0 aromatic carbocycles. The summed E-state index contributed by atoms with van der Waals surface area (Å²) in [6.07, 6.45) is 4.82. The number of rotatable bonds is 10. The number of carbonyl (C=O) groups excluding carboxylic acids is 1. The summed E-state index contributed by atoms with van der Waals surface area (Å²) in [5, 5.41) is 6.44. The zero-order valence-electron chi connectivity index (χ0n) is 17.1. The maximum absolute atomic E-state index is 12.5. The van der Waals surface area contributed by atoms with Gasteiger partial charge in [0.1, 0.15) is 0 Å². The molecule has 0 spiro atoms. The maximum Gasteiger partial charge on any atom is 0.225 e. The van der Waals surface area contributed by atoms with E-state index in [1.807, 2.05) is 18.7 Å². The molecular formula is C19H33N7O2. The maximum atomic E-state index is 12.5. The number of amides is 1. The summed E-state index contributed by atoms with van der Waals surface area (Å²) in [4.78, 5) is 29.5. The van der Waals surface area contributed by atoms with Crippen LogP contribution >= 0.6 is 0 Å². The molecular weight excluding hydrogens is 358 g/mol. The molecule has 9 heteroatoms. The van der Waals surface area contributed by atoms with Crippen molar-refractivity contribution in [3.63, 3.8) is 0 Å². The van der Waals surface area contributed by atoms with Crippen LogP contribution in [0.15, 0.2) is 23.5 Å².